The molecule has 0 spiro atoms. The van der Waals surface area contributed by atoms with Gasteiger partial charge in [-0.2, -0.15) is 0 Å². The highest BCUT2D eigenvalue weighted by molar-refractivity contribution is 5.81. The summed E-state index contributed by atoms with van der Waals surface area (Å²) in [6, 6.07) is 16.2. The van der Waals surface area contributed by atoms with E-state index >= 15 is 0 Å². The van der Waals surface area contributed by atoms with E-state index in [1.54, 1.807) is 7.05 Å². The van der Waals surface area contributed by atoms with Crippen molar-refractivity contribution in [3.05, 3.63) is 59.7 Å². The van der Waals surface area contributed by atoms with Crippen LogP contribution in [-0.2, 0) is 11.3 Å². The number of hydrogen-bond donors (Lipinski definition) is 2. The molecule has 30 heavy (non-hydrogen) atoms. The van der Waals surface area contributed by atoms with Gasteiger partial charge in [0.15, 0.2) is 5.96 Å². The van der Waals surface area contributed by atoms with Crippen molar-refractivity contribution in [2.75, 3.05) is 20.1 Å². The Bertz CT molecular complexity index is 894. The van der Waals surface area contributed by atoms with E-state index in [1.165, 1.54) is 0 Å². The fourth-order valence-corrected chi connectivity index (χ4v) is 3.57. The first kappa shape index (κ1) is 21.7. The number of likely N-dealkylation sites (tertiary alicyclic amines) is 1. The Morgan fingerprint density at radius 3 is 2.77 bits per heavy atom. The number of carbonyl (C=O) groups is 1. The van der Waals surface area contributed by atoms with Gasteiger partial charge in [-0.15, -0.1) is 0 Å². The number of aliphatic imine (C=N–C) groups is 1. The van der Waals surface area contributed by atoms with Crippen molar-refractivity contribution in [2.45, 2.75) is 39.8 Å². The Morgan fingerprint density at radius 1 is 1.23 bits per heavy atom. The average Bonchev–Trinajstić information content (AvgIpc) is 3.20. The molecule has 1 saturated heterocycles. The monoisotopic (exact) mass is 408 g/mol. The molecule has 2 aromatic carbocycles. The fraction of sp³-hybridized carbons (Fsp3) is 0.417. The largest absolute Gasteiger partial charge is 0.457 e. The van der Waals surface area contributed by atoms with Crippen molar-refractivity contribution >= 4 is 11.9 Å². The van der Waals surface area contributed by atoms with Gasteiger partial charge in [0, 0.05) is 44.2 Å². The molecule has 1 atom stereocenters. The minimum absolute atomic E-state index is 0.0334. The Kier molecular flexibility index (Phi) is 7.33. The Morgan fingerprint density at radius 2 is 2.03 bits per heavy atom. The molecule has 0 bridgehead atoms. The molecule has 1 unspecified atom stereocenters. The molecule has 0 aromatic heterocycles. The molecule has 0 radical (unpaired) electrons. The molecule has 6 heteroatoms. The Balaban J connectivity index is 1.57. The van der Waals surface area contributed by atoms with Crippen molar-refractivity contribution in [1.82, 2.24) is 15.5 Å². The third-order valence-electron chi connectivity index (χ3n) is 5.19. The van der Waals surface area contributed by atoms with Crippen LogP contribution in [0.25, 0.3) is 0 Å². The molecule has 1 aliphatic rings. The topological polar surface area (TPSA) is 66.0 Å². The Hall–Kier alpha value is -3.02. The maximum atomic E-state index is 12.2. The predicted octanol–water partition coefficient (Wildman–Crippen LogP) is 3.71. The zero-order valence-corrected chi connectivity index (χ0v) is 18.3. The first-order valence-corrected chi connectivity index (χ1v) is 10.5. The van der Waals surface area contributed by atoms with Crippen LogP contribution >= 0.6 is 0 Å². The molecule has 1 aliphatic heterocycles. The molecule has 6 nitrogen and oxygen atoms in total. The number of ether oxygens (including phenoxy) is 1. The van der Waals surface area contributed by atoms with Gasteiger partial charge in [-0.3, -0.25) is 9.79 Å². The number of para-hydroxylation sites is 1. The highest BCUT2D eigenvalue weighted by atomic mass is 16.5. The quantitative estimate of drug-likeness (QED) is 0.565. The van der Waals surface area contributed by atoms with Crippen molar-refractivity contribution in [1.29, 1.82) is 0 Å². The highest BCUT2D eigenvalue weighted by Crippen LogP contribution is 2.25. The average molecular weight is 409 g/mol. The molecule has 1 amide bonds. The number of nitrogens with one attached hydrogen (secondary N) is 2. The van der Waals surface area contributed by atoms with Crippen LogP contribution in [0.4, 0.5) is 0 Å². The molecule has 3 rings (SSSR count). The number of rotatable bonds is 6. The summed E-state index contributed by atoms with van der Waals surface area (Å²) in [5.41, 5.74) is 2.21. The molecular weight excluding hydrogens is 376 g/mol. The van der Waals surface area contributed by atoms with E-state index < -0.39 is 0 Å². The highest BCUT2D eigenvalue weighted by Gasteiger charge is 2.27. The lowest BCUT2D eigenvalue weighted by molar-refractivity contribution is -0.133. The van der Waals surface area contributed by atoms with Gasteiger partial charge >= 0.3 is 0 Å². The third kappa shape index (κ3) is 5.75. The minimum atomic E-state index is 0.0334. The van der Waals surface area contributed by atoms with Crippen molar-refractivity contribution in [2.24, 2.45) is 10.9 Å². The maximum Gasteiger partial charge on any atom is 0.225 e. The van der Waals surface area contributed by atoms with Crippen molar-refractivity contribution in [3.8, 4) is 11.5 Å². The number of guanidine groups is 1. The first-order chi connectivity index (χ1) is 14.5. The predicted molar refractivity (Wildman–Crippen MR) is 121 cm³/mol. The van der Waals surface area contributed by atoms with Crippen molar-refractivity contribution in [3.63, 3.8) is 0 Å². The molecule has 160 valence electrons. The number of nitrogens with zero attached hydrogens (tertiary/aromatic N) is 2. The fourth-order valence-electron chi connectivity index (χ4n) is 3.57. The summed E-state index contributed by atoms with van der Waals surface area (Å²) in [7, 11) is 1.76. The second-order valence-corrected chi connectivity index (χ2v) is 8.02. The van der Waals surface area contributed by atoms with E-state index in [-0.39, 0.29) is 17.9 Å². The van der Waals surface area contributed by atoms with E-state index in [0.717, 1.165) is 41.6 Å². The zero-order chi connectivity index (χ0) is 21.5. The van der Waals surface area contributed by atoms with Crippen LogP contribution in [0.5, 0.6) is 11.5 Å². The molecule has 2 N–H and O–H groups in total. The SMILES string of the molecule is CN=C(NCc1ccccc1Oc1cccc(C)c1)NC1CCN(C(=O)C(C)C)C1. The maximum absolute atomic E-state index is 12.2. The molecule has 2 aromatic rings. The van der Waals surface area contributed by atoms with Crippen LogP contribution in [0.3, 0.4) is 0 Å². The summed E-state index contributed by atoms with van der Waals surface area (Å²) in [6.45, 7) is 8.03. The van der Waals surface area contributed by atoms with Crippen LogP contribution in [0.2, 0.25) is 0 Å². The number of hydrogen-bond acceptors (Lipinski definition) is 3. The van der Waals surface area contributed by atoms with E-state index in [0.29, 0.717) is 13.1 Å². The van der Waals surface area contributed by atoms with Gasteiger partial charge in [-0.1, -0.05) is 44.2 Å². The summed E-state index contributed by atoms with van der Waals surface area (Å²) in [6.07, 6.45) is 0.923. The van der Waals surface area contributed by atoms with Gasteiger partial charge < -0.3 is 20.3 Å². The standard InChI is InChI=1S/C24H32N4O2/c1-17(2)23(29)28-13-12-20(16-28)27-24(25-4)26-15-19-9-5-6-11-22(19)30-21-10-7-8-18(3)14-21/h5-11,14,17,20H,12-13,15-16H2,1-4H3,(H2,25,26,27). The lowest BCUT2D eigenvalue weighted by Crippen LogP contribution is -2.45. The van der Waals surface area contributed by atoms with Crippen molar-refractivity contribution < 1.29 is 9.53 Å². The molecule has 1 fully saturated rings. The smallest absolute Gasteiger partial charge is 0.225 e. The summed E-state index contributed by atoms with van der Waals surface area (Å²) >= 11 is 0. The van der Waals surface area contributed by atoms with E-state index in [1.807, 2.05) is 61.2 Å². The van der Waals surface area contributed by atoms with Gasteiger partial charge in [-0.05, 0) is 37.1 Å². The molecule has 1 heterocycles. The number of benzene rings is 2. The molecule has 0 saturated carbocycles. The molecular formula is C24H32N4O2. The number of carbonyl (C=O) groups excluding carboxylic acids is 1. The van der Waals surface area contributed by atoms with E-state index in [9.17, 15) is 4.79 Å². The third-order valence-corrected chi connectivity index (χ3v) is 5.19. The second-order valence-electron chi connectivity index (χ2n) is 8.02. The summed E-state index contributed by atoms with van der Waals surface area (Å²) < 4.78 is 6.11. The van der Waals surface area contributed by atoms with Crippen LogP contribution in [0, 0.1) is 12.8 Å². The number of aryl methyl sites for hydroxylation is 1. The van der Waals surface area contributed by atoms with Gasteiger partial charge in [0.2, 0.25) is 5.91 Å². The van der Waals surface area contributed by atoms with Gasteiger partial charge in [0.05, 0.1) is 0 Å². The minimum Gasteiger partial charge on any atom is -0.457 e. The second kappa shape index (κ2) is 10.1. The van der Waals surface area contributed by atoms with Crippen LogP contribution in [-0.4, -0.2) is 42.9 Å². The number of amides is 1. The van der Waals surface area contributed by atoms with E-state index in [2.05, 4.69) is 28.6 Å². The summed E-state index contributed by atoms with van der Waals surface area (Å²) in [5.74, 6) is 2.62. The lowest BCUT2D eigenvalue weighted by atomic mass is 10.2. The lowest BCUT2D eigenvalue weighted by Gasteiger charge is -2.20. The van der Waals surface area contributed by atoms with Gasteiger partial charge in [0.25, 0.3) is 0 Å². The summed E-state index contributed by atoms with van der Waals surface area (Å²) in [4.78, 5) is 18.5. The van der Waals surface area contributed by atoms with Gasteiger partial charge in [0.1, 0.15) is 11.5 Å². The van der Waals surface area contributed by atoms with Gasteiger partial charge in [-0.25, -0.2) is 0 Å². The normalized spacial score (nSPS) is 16.6. The summed E-state index contributed by atoms with van der Waals surface area (Å²) in [5, 5.41) is 6.81. The first-order valence-electron chi connectivity index (χ1n) is 10.5. The zero-order valence-electron chi connectivity index (χ0n) is 18.3. The van der Waals surface area contributed by atoms with Crippen LogP contribution < -0.4 is 15.4 Å². The van der Waals surface area contributed by atoms with Crippen LogP contribution in [0.1, 0.15) is 31.4 Å². The van der Waals surface area contributed by atoms with Crippen LogP contribution in [0.15, 0.2) is 53.5 Å². The molecule has 0 aliphatic carbocycles. The van der Waals surface area contributed by atoms with E-state index in [4.69, 9.17) is 4.74 Å². The Labute approximate surface area is 179 Å².